The Morgan fingerprint density at radius 3 is 2.40 bits per heavy atom. The number of fused-ring (bicyclic) bond motifs is 1. The molecule has 15 heteroatoms. The first-order chi connectivity index (χ1) is 19.4. The van der Waals surface area contributed by atoms with Crippen molar-refractivity contribution in [2.75, 3.05) is 42.0 Å². The van der Waals surface area contributed by atoms with Crippen LogP contribution >= 0.6 is 18.5 Å². The van der Waals surface area contributed by atoms with Crippen LogP contribution in [0.3, 0.4) is 0 Å². The zero-order valence-corrected chi connectivity index (χ0v) is 25.1. The van der Waals surface area contributed by atoms with Crippen LogP contribution in [0.4, 0.5) is 37.7 Å². The van der Waals surface area contributed by atoms with Crippen LogP contribution < -0.4 is 20.7 Å². The van der Waals surface area contributed by atoms with Gasteiger partial charge in [0, 0.05) is 32.6 Å². The molecule has 0 aliphatic carbocycles. The molecule has 1 aliphatic heterocycles. The van der Waals surface area contributed by atoms with Crippen molar-refractivity contribution in [1.29, 1.82) is 4.78 Å². The molecular formula is C27H28F6N3O3PS2. The normalized spacial score (nSPS) is 19.7. The lowest BCUT2D eigenvalue weighted by molar-refractivity contribution is -0.274. The minimum absolute atomic E-state index is 0.00330. The predicted octanol–water partition coefficient (Wildman–Crippen LogP) is 7.24. The van der Waals surface area contributed by atoms with Gasteiger partial charge in [-0.2, -0.15) is 13.2 Å². The van der Waals surface area contributed by atoms with Crippen LogP contribution in [0.2, 0.25) is 0 Å². The first-order valence-electron chi connectivity index (χ1n) is 12.7. The Kier molecular flexibility index (Phi) is 9.17. The summed E-state index contributed by atoms with van der Waals surface area (Å²) in [5.41, 5.74) is 0.554. The Bertz CT molecular complexity index is 1670. The van der Waals surface area contributed by atoms with E-state index in [0.717, 1.165) is 17.4 Å². The topological polar surface area (TPSA) is 91.3 Å². The Hall–Kier alpha value is -2.88. The average Bonchev–Trinajstić information content (AvgIpc) is 3.19. The van der Waals surface area contributed by atoms with Gasteiger partial charge in [0.05, 0.1) is 33.9 Å². The van der Waals surface area contributed by atoms with Gasteiger partial charge in [-0.15, -0.1) is 24.5 Å². The number of halogens is 6. The van der Waals surface area contributed by atoms with E-state index in [-0.39, 0.29) is 45.5 Å². The summed E-state index contributed by atoms with van der Waals surface area (Å²) in [5, 5.41) is 6.60. The second kappa shape index (κ2) is 12.0. The second-order valence-electron chi connectivity index (χ2n) is 10.3. The van der Waals surface area contributed by atoms with Crippen molar-refractivity contribution in [3.05, 3.63) is 46.8 Å². The summed E-state index contributed by atoms with van der Waals surface area (Å²) in [6.45, 7) is 2.61. The predicted molar refractivity (Wildman–Crippen MR) is 156 cm³/mol. The molecule has 1 saturated heterocycles. The second-order valence-corrected chi connectivity index (χ2v) is 16.9. The highest BCUT2D eigenvalue weighted by Gasteiger charge is 2.33. The number of rotatable bonds is 7. The minimum atomic E-state index is -5.00. The highest BCUT2D eigenvalue weighted by molar-refractivity contribution is 7.92. The van der Waals surface area contributed by atoms with Crippen LogP contribution in [0.15, 0.2) is 36.4 Å². The molecule has 1 aliphatic rings. The molecule has 4 rings (SSSR count). The van der Waals surface area contributed by atoms with E-state index in [1.807, 2.05) is 0 Å². The van der Waals surface area contributed by atoms with Crippen molar-refractivity contribution in [3.63, 3.8) is 0 Å². The lowest BCUT2D eigenvalue weighted by Gasteiger charge is -2.25. The summed E-state index contributed by atoms with van der Waals surface area (Å²) < 4.78 is 116. The minimum Gasteiger partial charge on any atom is -0.404 e. The molecule has 0 bridgehead atoms. The number of hydrogen-bond acceptors (Lipinski definition) is 7. The van der Waals surface area contributed by atoms with Crippen molar-refractivity contribution in [1.82, 2.24) is 0 Å². The quantitative estimate of drug-likeness (QED) is 0.142. The third kappa shape index (κ3) is 8.58. The number of benzene rings is 2. The van der Waals surface area contributed by atoms with Gasteiger partial charge >= 0.3 is 12.5 Å². The summed E-state index contributed by atoms with van der Waals surface area (Å²) in [6, 6.07) is 8.65. The molecule has 6 nitrogen and oxygen atoms in total. The molecule has 2 heterocycles. The highest BCUT2D eigenvalue weighted by Crippen LogP contribution is 2.40. The fourth-order valence-corrected chi connectivity index (χ4v) is 8.07. The first kappa shape index (κ1) is 32.0. The number of nitrogens with one attached hydrogen (secondary N) is 3. The van der Waals surface area contributed by atoms with E-state index in [4.69, 9.17) is 4.78 Å². The number of ether oxygens (including phenoxy) is 1. The Labute approximate surface area is 243 Å². The Balaban J connectivity index is 1.61. The number of anilines is 2. The molecule has 0 amide bonds. The smallest absolute Gasteiger partial charge is 0.404 e. The Morgan fingerprint density at radius 2 is 1.79 bits per heavy atom. The van der Waals surface area contributed by atoms with Crippen LogP contribution in [0.25, 0.3) is 10.1 Å². The molecule has 3 N–H and O–H groups in total. The molecule has 3 aromatic rings. The lowest BCUT2D eigenvalue weighted by atomic mass is 10.1. The van der Waals surface area contributed by atoms with E-state index >= 15 is 0 Å². The van der Waals surface area contributed by atoms with Gasteiger partial charge < -0.3 is 19.9 Å². The maximum atomic E-state index is 13.5. The highest BCUT2D eigenvalue weighted by atomic mass is 32.2. The SMILES string of the molecule is CP(C)(=O)c1ccc(NCC#Cc2sc3c(NC4CCS(=N)(=O)CC4)cccc3c2CC(F)(F)F)c(OC(F)(F)F)c1. The van der Waals surface area contributed by atoms with Crippen LogP contribution in [-0.4, -0.2) is 54.2 Å². The van der Waals surface area contributed by atoms with Crippen LogP contribution in [0, 0.1) is 16.6 Å². The molecule has 0 spiro atoms. The maximum absolute atomic E-state index is 13.5. The zero-order valence-electron chi connectivity index (χ0n) is 22.5. The molecular weight excluding hydrogens is 623 g/mol. The molecule has 2 aromatic carbocycles. The van der Waals surface area contributed by atoms with E-state index in [1.54, 1.807) is 18.2 Å². The number of thiophene rings is 1. The summed E-state index contributed by atoms with van der Waals surface area (Å²) in [5.74, 6) is 5.36. The third-order valence-electron chi connectivity index (χ3n) is 6.53. The van der Waals surface area contributed by atoms with Crippen LogP contribution in [0.5, 0.6) is 5.75 Å². The summed E-state index contributed by atoms with van der Waals surface area (Å²) in [6.07, 6.45) is -9.70. The molecule has 228 valence electrons. The molecule has 0 radical (unpaired) electrons. The molecule has 0 saturated carbocycles. The van der Waals surface area contributed by atoms with Gasteiger partial charge in [0.2, 0.25) is 0 Å². The molecule has 42 heavy (non-hydrogen) atoms. The number of hydrogen-bond donors (Lipinski definition) is 3. The van der Waals surface area contributed by atoms with Gasteiger partial charge in [-0.25, -0.2) is 4.21 Å². The lowest BCUT2D eigenvalue weighted by Crippen LogP contribution is -2.31. The maximum Gasteiger partial charge on any atom is 0.573 e. The standard InChI is InChI=1S/C27H28F6N3O3PS2/c1-40(2,37)18-8-9-21(23(15-18)39-27(31,32)33)35-12-4-7-24-20(16-26(28,29)30)19-5-3-6-22(25(19)41-24)36-17-10-13-42(34,38)14-11-17/h3,5-6,8-9,15,17,34-36H,10-14,16H2,1-2H3. The molecule has 1 aromatic heterocycles. The van der Waals surface area contributed by atoms with Crippen molar-refractivity contribution in [2.45, 2.75) is 37.8 Å². The van der Waals surface area contributed by atoms with Gasteiger partial charge in [-0.3, -0.25) is 4.78 Å². The average molecular weight is 652 g/mol. The van der Waals surface area contributed by atoms with Crippen LogP contribution in [0.1, 0.15) is 23.3 Å². The van der Waals surface area contributed by atoms with E-state index in [9.17, 15) is 35.1 Å². The fourth-order valence-electron chi connectivity index (χ4n) is 4.50. The van der Waals surface area contributed by atoms with Crippen molar-refractivity contribution < 1.29 is 39.9 Å². The van der Waals surface area contributed by atoms with Crippen molar-refractivity contribution in [3.8, 4) is 17.6 Å². The van der Waals surface area contributed by atoms with Crippen molar-refractivity contribution in [2.24, 2.45) is 0 Å². The third-order valence-corrected chi connectivity index (χ3v) is 11.0. The van der Waals surface area contributed by atoms with Crippen molar-refractivity contribution >= 4 is 55.0 Å². The number of alkyl halides is 6. The van der Waals surface area contributed by atoms with E-state index in [0.29, 0.717) is 28.6 Å². The van der Waals surface area contributed by atoms with E-state index in [1.165, 1.54) is 25.5 Å². The van der Waals surface area contributed by atoms with E-state index in [2.05, 4.69) is 27.2 Å². The monoisotopic (exact) mass is 651 g/mol. The van der Waals surface area contributed by atoms with Gasteiger partial charge in [-0.1, -0.05) is 24.0 Å². The molecule has 0 atom stereocenters. The molecule has 1 fully saturated rings. The summed E-state index contributed by atoms with van der Waals surface area (Å²) >= 11 is 1.08. The summed E-state index contributed by atoms with van der Waals surface area (Å²) in [4.78, 5) is 0.177. The van der Waals surface area contributed by atoms with E-state index < -0.39 is 41.6 Å². The fraction of sp³-hybridized carbons (Fsp3) is 0.407. The van der Waals surface area contributed by atoms with Gasteiger partial charge in [0.25, 0.3) is 0 Å². The van der Waals surface area contributed by atoms with Gasteiger partial charge in [0.1, 0.15) is 7.14 Å². The Morgan fingerprint density at radius 1 is 1.10 bits per heavy atom. The van der Waals surface area contributed by atoms with Gasteiger partial charge in [-0.05, 0) is 61.4 Å². The zero-order chi connectivity index (χ0) is 30.9. The van der Waals surface area contributed by atoms with Gasteiger partial charge in [0.15, 0.2) is 5.75 Å². The van der Waals surface area contributed by atoms with Crippen LogP contribution in [-0.2, 0) is 20.7 Å². The largest absolute Gasteiger partial charge is 0.573 e. The molecule has 0 unspecified atom stereocenters. The summed E-state index contributed by atoms with van der Waals surface area (Å²) in [7, 11) is -5.47. The first-order valence-corrected chi connectivity index (χ1v) is 18.0.